The topological polar surface area (TPSA) is 96.0 Å². The number of hydrogen-bond acceptors (Lipinski definition) is 6. The van der Waals surface area contributed by atoms with Gasteiger partial charge in [0.1, 0.15) is 18.3 Å². The van der Waals surface area contributed by atoms with E-state index in [1.54, 1.807) is 6.08 Å². The first-order valence-corrected chi connectivity index (χ1v) is 8.64. The number of ether oxygens (including phenoxy) is 2. The van der Waals surface area contributed by atoms with Crippen molar-refractivity contribution in [1.29, 1.82) is 0 Å². The number of amides is 1. The molecule has 1 aromatic rings. The highest BCUT2D eigenvalue weighted by Gasteiger charge is 2.32. The Bertz CT molecular complexity index is 787. The fourth-order valence-electron chi connectivity index (χ4n) is 2.64. The van der Waals surface area contributed by atoms with Crippen LogP contribution in [0.2, 0.25) is 0 Å². The summed E-state index contributed by atoms with van der Waals surface area (Å²) in [4.78, 5) is 29.5. The minimum Gasteiger partial charge on any atom is -0.473 e. The lowest BCUT2D eigenvalue weighted by atomic mass is 10.1. The van der Waals surface area contributed by atoms with Crippen LogP contribution in [0.5, 0.6) is 0 Å². The van der Waals surface area contributed by atoms with Gasteiger partial charge in [-0.1, -0.05) is 0 Å². The number of hydrogen-bond donors (Lipinski definition) is 2. The van der Waals surface area contributed by atoms with Crippen LogP contribution in [0.15, 0.2) is 10.7 Å². The van der Waals surface area contributed by atoms with Crippen molar-refractivity contribution < 1.29 is 19.1 Å². The van der Waals surface area contributed by atoms with Crippen LogP contribution in [-0.4, -0.2) is 61.0 Å². The fourth-order valence-corrected chi connectivity index (χ4v) is 2.64. The van der Waals surface area contributed by atoms with E-state index in [9.17, 15) is 9.59 Å². The molecule has 0 saturated heterocycles. The third kappa shape index (κ3) is 3.96. The maximum atomic E-state index is 12.4. The number of aromatic nitrogens is 1. The molecule has 1 aliphatic carbocycles. The molecule has 0 aromatic carbocycles. The van der Waals surface area contributed by atoms with Crippen molar-refractivity contribution >= 4 is 23.9 Å². The maximum Gasteiger partial charge on any atom is 0.340 e. The van der Waals surface area contributed by atoms with Crippen molar-refractivity contribution in [2.75, 3.05) is 27.2 Å². The molecule has 8 heteroatoms. The number of rotatable bonds is 6. The zero-order chi connectivity index (χ0) is 18.8. The number of likely N-dealkylation sites (N-methyl/N-ethyl adjacent to an activating group) is 1. The molecule has 3 rings (SSSR count). The van der Waals surface area contributed by atoms with Crippen LogP contribution in [0.3, 0.4) is 0 Å². The van der Waals surface area contributed by atoms with Gasteiger partial charge in [0.25, 0.3) is 5.91 Å². The number of hydrazone groups is 1. The van der Waals surface area contributed by atoms with Crippen LogP contribution < -0.4 is 5.43 Å². The number of H-pyrrole nitrogens is 1. The molecule has 1 fully saturated rings. The summed E-state index contributed by atoms with van der Waals surface area (Å²) < 4.78 is 11.0. The summed E-state index contributed by atoms with van der Waals surface area (Å²) in [6, 6.07) is 0. The lowest BCUT2D eigenvalue weighted by Gasteiger charge is -2.10. The van der Waals surface area contributed by atoms with Crippen LogP contribution in [0.25, 0.3) is 6.08 Å². The molecular formula is C18H24N4O4. The van der Waals surface area contributed by atoms with Crippen LogP contribution in [0.4, 0.5) is 0 Å². The van der Waals surface area contributed by atoms with Crippen LogP contribution in [0.1, 0.15) is 40.2 Å². The molecule has 8 nitrogen and oxygen atoms in total. The van der Waals surface area contributed by atoms with Gasteiger partial charge in [0.15, 0.2) is 0 Å². The van der Waals surface area contributed by atoms with E-state index >= 15 is 0 Å². The number of nitrogens with zero attached hydrogens (tertiary/aromatic N) is 2. The van der Waals surface area contributed by atoms with E-state index in [2.05, 4.69) is 15.5 Å². The second-order valence-corrected chi connectivity index (χ2v) is 6.84. The Morgan fingerprint density at radius 3 is 2.73 bits per heavy atom. The smallest absolute Gasteiger partial charge is 0.340 e. The van der Waals surface area contributed by atoms with Crippen LogP contribution >= 0.6 is 0 Å². The van der Waals surface area contributed by atoms with Crippen molar-refractivity contribution in [3.05, 3.63) is 28.1 Å². The zero-order valence-electron chi connectivity index (χ0n) is 15.5. The summed E-state index contributed by atoms with van der Waals surface area (Å²) in [7, 11) is 3.83. The lowest BCUT2D eigenvalue weighted by molar-refractivity contribution is -0.116. The highest BCUT2D eigenvalue weighted by molar-refractivity contribution is 6.24. The second kappa shape index (κ2) is 7.33. The van der Waals surface area contributed by atoms with Crippen LogP contribution in [-0.2, 0) is 14.3 Å². The average molecular weight is 360 g/mol. The third-order valence-corrected chi connectivity index (χ3v) is 4.28. The Morgan fingerprint density at radius 1 is 1.35 bits per heavy atom. The van der Waals surface area contributed by atoms with Crippen molar-refractivity contribution in [2.45, 2.75) is 32.8 Å². The van der Waals surface area contributed by atoms with Crippen molar-refractivity contribution in [3.63, 3.8) is 0 Å². The van der Waals surface area contributed by atoms with Crippen molar-refractivity contribution in [1.82, 2.24) is 15.3 Å². The van der Waals surface area contributed by atoms with E-state index in [1.165, 1.54) is 0 Å². The van der Waals surface area contributed by atoms with Gasteiger partial charge in [-0.3, -0.25) is 4.79 Å². The number of carbonyl (C=O) groups excluding carboxylic acids is 2. The van der Waals surface area contributed by atoms with Gasteiger partial charge >= 0.3 is 5.97 Å². The minimum absolute atomic E-state index is 0.138. The molecule has 0 spiro atoms. The first kappa shape index (κ1) is 18.2. The Morgan fingerprint density at radius 2 is 2.08 bits per heavy atom. The third-order valence-electron chi connectivity index (χ3n) is 4.28. The van der Waals surface area contributed by atoms with E-state index in [-0.39, 0.29) is 18.0 Å². The van der Waals surface area contributed by atoms with E-state index in [1.807, 2.05) is 32.8 Å². The predicted molar refractivity (Wildman–Crippen MR) is 96.8 cm³/mol. The highest BCUT2D eigenvalue weighted by atomic mass is 16.5. The zero-order valence-corrected chi connectivity index (χ0v) is 15.5. The van der Waals surface area contributed by atoms with Gasteiger partial charge in [-0.25, -0.2) is 10.2 Å². The van der Waals surface area contributed by atoms with Gasteiger partial charge in [-0.05, 0) is 52.4 Å². The highest BCUT2D eigenvalue weighted by Crippen LogP contribution is 2.27. The molecule has 0 radical (unpaired) electrons. The van der Waals surface area contributed by atoms with E-state index in [0.717, 1.165) is 18.4 Å². The molecule has 0 unspecified atom stereocenters. The molecule has 2 aliphatic rings. The molecular weight excluding hydrogens is 336 g/mol. The Hall–Kier alpha value is -2.61. The van der Waals surface area contributed by atoms with Crippen molar-refractivity contribution in [3.8, 4) is 0 Å². The number of aromatic amines is 1. The molecule has 1 amide bonds. The molecule has 26 heavy (non-hydrogen) atoms. The summed E-state index contributed by atoms with van der Waals surface area (Å²) in [5, 5.41) is 3.94. The van der Waals surface area contributed by atoms with Crippen LogP contribution in [0, 0.1) is 13.8 Å². The van der Waals surface area contributed by atoms with Gasteiger partial charge < -0.3 is 19.4 Å². The normalized spacial score (nSPS) is 18.3. The maximum absolute atomic E-state index is 12.4. The number of aryl methyl sites for hydroxylation is 1. The Kier molecular flexibility index (Phi) is 5.13. The van der Waals surface area contributed by atoms with Gasteiger partial charge in [-0.15, -0.1) is 5.10 Å². The standard InChI is InChI=1S/C18H24N4O4/c1-10-14(9-13-16(23)20-21-17(13)26-12-5-6-12)19-11(2)15(10)18(24)25-8-7-22(3)4/h9,12,19H,5-8H2,1-4H3,(H,20,23)/b13-9-. The Labute approximate surface area is 152 Å². The minimum atomic E-state index is -0.373. The lowest BCUT2D eigenvalue weighted by Crippen LogP contribution is -2.20. The van der Waals surface area contributed by atoms with Gasteiger partial charge in [0, 0.05) is 17.9 Å². The summed E-state index contributed by atoms with van der Waals surface area (Å²) in [6.45, 7) is 4.61. The molecule has 2 heterocycles. The second-order valence-electron chi connectivity index (χ2n) is 6.84. The molecule has 140 valence electrons. The number of esters is 1. The number of carbonyl (C=O) groups is 2. The SMILES string of the molecule is Cc1[nH]c(/C=C2/C(=O)NN=C2OC2CC2)c(C)c1C(=O)OCCN(C)C. The van der Waals surface area contributed by atoms with E-state index in [0.29, 0.717) is 41.6 Å². The predicted octanol–water partition coefficient (Wildman–Crippen LogP) is 1.36. The average Bonchev–Trinajstić information content (AvgIpc) is 3.26. The molecule has 1 saturated carbocycles. The fraction of sp³-hybridized carbons (Fsp3) is 0.500. The van der Waals surface area contributed by atoms with E-state index < -0.39 is 0 Å². The van der Waals surface area contributed by atoms with Crippen molar-refractivity contribution in [2.24, 2.45) is 5.10 Å². The molecule has 0 bridgehead atoms. The van der Waals surface area contributed by atoms with Gasteiger partial charge in [0.05, 0.1) is 5.56 Å². The number of nitrogens with one attached hydrogen (secondary N) is 2. The summed E-state index contributed by atoms with van der Waals surface area (Å²) in [5.74, 6) is -0.386. The first-order chi connectivity index (χ1) is 12.4. The molecule has 2 N–H and O–H groups in total. The quantitative estimate of drug-likeness (QED) is 0.590. The first-order valence-electron chi connectivity index (χ1n) is 8.64. The summed E-state index contributed by atoms with van der Waals surface area (Å²) in [6.07, 6.45) is 3.76. The largest absolute Gasteiger partial charge is 0.473 e. The van der Waals surface area contributed by atoms with Gasteiger partial charge in [0.2, 0.25) is 5.90 Å². The summed E-state index contributed by atoms with van der Waals surface area (Å²) in [5.41, 5.74) is 5.37. The molecule has 1 aromatic heterocycles. The molecule has 0 atom stereocenters. The Balaban J connectivity index is 1.79. The summed E-state index contributed by atoms with van der Waals surface area (Å²) >= 11 is 0. The molecule has 1 aliphatic heterocycles. The van der Waals surface area contributed by atoms with Gasteiger partial charge in [-0.2, -0.15) is 0 Å². The monoisotopic (exact) mass is 360 g/mol. The van der Waals surface area contributed by atoms with E-state index in [4.69, 9.17) is 9.47 Å².